The van der Waals surface area contributed by atoms with Crippen LogP contribution in [0.4, 0.5) is 5.00 Å². The van der Waals surface area contributed by atoms with Crippen molar-refractivity contribution in [1.82, 2.24) is 20.6 Å². The lowest BCUT2D eigenvalue weighted by atomic mass is 10.0. The molecule has 0 radical (unpaired) electrons. The number of pyridine rings is 1. The molecule has 5 rings (SSSR count). The Morgan fingerprint density at radius 3 is 2.86 bits per heavy atom. The number of nitrogens with one attached hydrogen (secondary N) is 3. The number of fused-ring (bicyclic) bond motifs is 2. The molecular formula is C26H29N5O2S2. The largest absolute Gasteiger partial charge is 0.383 e. The van der Waals surface area contributed by atoms with Gasteiger partial charge in [0.2, 0.25) is 5.91 Å². The Morgan fingerprint density at radius 2 is 2.03 bits per heavy atom. The summed E-state index contributed by atoms with van der Waals surface area (Å²) in [6.07, 6.45) is 4.95. The van der Waals surface area contributed by atoms with E-state index in [2.05, 4.69) is 46.1 Å². The fourth-order valence-corrected chi connectivity index (χ4v) is 6.73. The third-order valence-corrected chi connectivity index (χ3v) is 8.52. The Bertz CT molecular complexity index is 1320. The number of benzene rings is 1. The number of thiophene rings is 1. The summed E-state index contributed by atoms with van der Waals surface area (Å²) in [6, 6.07) is 10.7. The van der Waals surface area contributed by atoms with E-state index in [1.54, 1.807) is 42.2 Å². The van der Waals surface area contributed by atoms with Gasteiger partial charge in [0, 0.05) is 55.5 Å². The zero-order chi connectivity index (χ0) is 24.2. The number of carbonyl (C=O) groups excluding carboxylic acids is 1. The fourth-order valence-electron chi connectivity index (χ4n) is 4.35. The van der Waals surface area contributed by atoms with E-state index in [1.807, 2.05) is 12.1 Å². The maximum Gasteiger partial charge on any atom is 0.226 e. The minimum absolute atomic E-state index is 0.0106. The average Bonchev–Trinajstić information content (AvgIpc) is 3.45. The van der Waals surface area contributed by atoms with Crippen molar-refractivity contribution >= 4 is 43.8 Å². The van der Waals surface area contributed by atoms with Crippen LogP contribution in [0.25, 0.3) is 31.9 Å². The predicted molar refractivity (Wildman–Crippen MR) is 144 cm³/mol. The first kappa shape index (κ1) is 24.0. The molecule has 0 fully saturated rings. The Balaban J connectivity index is 1.45. The number of ether oxygens (including phenoxy) is 1. The van der Waals surface area contributed by atoms with Crippen LogP contribution in [0.1, 0.15) is 29.8 Å². The molecular weight excluding hydrogens is 478 g/mol. The highest BCUT2D eigenvalue weighted by Gasteiger charge is 2.28. The van der Waals surface area contributed by atoms with E-state index in [-0.39, 0.29) is 11.9 Å². The van der Waals surface area contributed by atoms with Crippen molar-refractivity contribution in [3.05, 3.63) is 53.2 Å². The number of hydrogen-bond acceptors (Lipinski definition) is 8. The summed E-state index contributed by atoms with van der Waals surface area (Å²) in [5.41, 5.74) is 5.61. The van der Waals surface area contributed by atoms with E-state index in [1.165, 1.54) is 10.4 Å². The fraction of sp³-hybridized carbons (Fsp3) is 0.346. The highest BCUT2D eigenvalue weighted by atomic mass is 32.1. The van der Waals surface area contributed by atoms with Gasteiger partial charge in [0.05, 0.1) is 16.8 Å². The summed E-state index contributed by atoms with van der Waals surface area (Å²) in [4.78, 5) is 23.2. The van der Waals surface area contributed by atoms with E-state index >= 15 is 0 Å². The molecule has 1 aliphatic rings. The van der Waals surface area contributed by atoms with Crippen molar-refractivity contribution in [1.29, 1.82) is 0 Å². The van der Waals surface area contributed by atoms with Crippen LogP contribution in [0, 0.1) is 0 Å². The van der Waals surface area contributed by atoms with Gasteiger partial charge >= 0.3 is 0 Å². The first-order valence-corrected chi connectivity index (χ1v) is 13.5. The van der Waals surface area contributed by atoms with E-state index in [0.717, 1.165) is 56.4 Å². The van der Waals surface area contributed by atoms with Gasteiger partial charge in [-0.05, 0) is 60.8 Å². The zero-order valence-electron chi connectivity index (χ0n) is 19.9. The number of nitrogens with zero attached hydrogens (tertiary/aromatic N) is 2. The molecule has 7 nitrogen and oxygen atoms in total. The smallest absolute Gasteiger partial charge is 0.226 e. The van der Waals surface area contributed by atoms with Crippen LogP contribution in [0.15, 0.2) is 42.7 Å². The van der Waals surface area contributed by atoms with E-state index in [4.69, 9.17) is 9.72 Å². The lowest BCUT2D eigenvalue weighted by Gasteiger charge is -2.20. The minimum Gasteiger partial charge on any atom is -0.383 e. The van der Waals surface area contributed by atoms with Gasteiger partial charge in [0.1, 0.15) is 10.0 Å². The molecule has 4 heterocycles. The highest BCUT2D eigenvalue weighted by Crippen LogP contribution is 2.47. The molecule has 1 aliphatic heterocycles. The summed E-state index contributed by atoms with van der Waals surface area (Å²) in [6.45, 7) is 5.09. The van der Waals surface area contributed by atoms with Gasteiger partial charge in [0.25, 0.3) is 0 Å². The molecule has 3 N–H and O–H groups in total. The molecule has 9 heteroatoms. The second kappa shape index (κ2) is 10.9. The first-order chi connectivity index (χ1) is 17.1. The van der Waals surface area contributed by atoms with Gasteiger partial charge < -0.3 is 20.7 Å². The van der Waals surface area contributed by atoms with Crippen LogP contribution >= 0.6 is 22.7 Å². The van der Waals surface area contributed by atoms with Gasteiger partial charge in [0.15, 0.2) is 0 Å². The number of hydrogen-bond donors (Lipinski definition) is 3. The van der Waals surface area contributed by atoms with Crippen LogP contribution < -0.4 is 16.0 Å². The number of rotatable bonds is 9. The monoisotopic (exact) mass is 507 g/mol. The summed E-state index contributed by atoms with van der Waals surface area (Å²) < 4.78 is 6.19. The SMILES string of the molecule is COCCNCCC(=O)Nc1sc2c(c1-c1nc3cc(-c4ccncc4)ccc3s1)CCN[C@H]2C. The average molecular weight is 508 g/mol. The second-order valence-electron chi connectivity index (χ2n) is 8.55. The van der Waals surface area contributed by atoms with Crippen LogP contribution in [0.2, 0.25) is 0 Å². The van der Waals surface area contributed by atoms with Crippen LogP contribution in [-0.2, 0) is 16.0 Å². The van der Waals surface area contributed by atoms with Crippen LogP contribution in [0.3, 0.4) is 0 Å². The molecule has 0 saturated carbocycles. The molecule has 182 valence electrons. The molecule has 1 aromatic carbocycles. The van der Waals surface area contributed by atoms with Crippen molar-refractivity contribution in [3.8, 4) is 21.7 Å². The summed E-state index contributed by atoms with van der Waals surface area (Å²) in [7, 11) is 1.67. The normalized spacial score (nSPS) is 15.3. The Kier molecular flexibility index (Phi) is 7.50. The second-order valence-corrected chi connectivity index (χ2v) is 10.6. The molecule has 4 aromatic rings. The summed E-state index contributed by atoms with van der Waals surface area (Å²) in [5.74, 6) is 0.0106. The molecule has 1 amide bonds. The van der Waals surface area contributed by atoms with Crippen molar-refractivity contribution < 1.29 is 9.53 Å². The topological polar surface area (TPSA) is 88.2 Å². The standard InChI is InChI=1S/C26H29N5O2S2/c1-16-24-19(7-12-29-16)23(26(35-24)31-22(32)8-11-28-13-14-33-2)25-30-20-15-18(3-4-21(20)34-25)17-5-9-27-10-6-17/h3-6,9-10,15-16,28-29H,7-8,11-14H2,1-2H3,(H,31,32)/t16-/m0/s1. The summed E-state index contributed by atoms with van der Waals surface area (Å²) in [5, 5.41) is 11.8. The van der Waals surface area contributed by atoms with E-state index in [0.29, 0.717) is 19.6 Å². The first-order valence-electron chi connectivity index (χ1n) is 11.8. The third-order valence-electron chi connectivity index (χ3n) is 6.14. The number of aromatic nitrogens is 2. The third kappa shape index (κ3) is 5.29. The lowest BCUT2D eigenvalue weighted by Crippen LogP contribution is -2.26. The number of methoxy groups -OCH3 is 1. The number of carbonyl (C=O) groups is 1. The van der Waals surface area contributed by atoms with Gasteiger partial charge in [-0.1, -0.05) is 6.07 Å². The van der Waals surface area contributed by atoms with Gasteiger partial charge in [-0.15, -0.1) is 22.7 Å². The highest BCUT2D eigenvalue weighted by molar-refractivity contribution is 7.23. The van der Waals surface area contributed by atoms with Gasteiger partial charge in [-0.2, -0.15) is 0 Å². The molecule has 0 spiro atoms. The number of amides is 1. The molecule has 0 aliphatic carbocycles. The van der Waals surface area contributed by atoms with E-state index < -0.39 is 0 Å². The van der Waals surface area contributed by atoms with E-state index in [9.17, 15) is 4.79 Å². The van der Waals surface area contributed by atoms with Crippen molar-refractivity contribution in [2.45, 2.75) is 25.8 Å². The maximum atomic E-state index is 12.8. The van der Waals surface area contributed by atoms with Crippen LogP contribution in [-0.4, -0.2) is 49.2 Å². The maximum absolute atomic E-state index is 12.8. The quantitative estimate of drug-likeness (QED) is 0.281. The molecule has 0 saturated heterocycles. The Labute approximate surface area is 213 Å². The van der Waals surface area contributed by atoms with Crippen molar-refractivity contribution in [2.24, 2.45) is 0 Å². The number of anilines is 1. The molecule has 35 heavy (non-hydrogen) atoms. The van der Waals surface area contributed by atoms with Gasteiger partial charge in [-0.3, -0.25) is 9.78 Å². The predicted octanol–water partition coefficient (Wildman–Crippen LogP) is 4.86. The Morgan fingerprint density at radius 1 is 1.17 bits per heavy atom. The molecule has 0 bridgehead atoms. The lowest BCUT2D eigenvalue weighted by molar-refractivity contribution is -0.116. The van der Waals surface area contributed by atoms with Gasteiger partial charge in [-0.25, -0.2) is 4.98 Å². The summed E-state index contributed by atoms with van der Waals surface area (Å²) >= 11 is 3.36. The van der Waals surface area contributed by atoms with Crippen molar-refractivity contribution in [2.75, 3.05) is 38.7 Å². The number of thiazole rings is 1. The molecule has 1 atom stereocenters. The molecule has 0 unspecified atom stereocenters. The molecule has 3 aromatic heterocycles. The van der Waals surface area contributed by atoms with Crippen molar-refractivity contribution in [3.63, 3.8) is 0 Å². The Hall–Kier alpha value is -2.69. The van der Waals surface area contributed by atoms with Crippen LogP contribution in [0.5, 0.6) is 0 Å². The minimum atomic E-state index is 0.0106. The zero-order valence-corrected chi connectivity index (χ0v) is 21.5.